The van der Waals surface area contributed by atoms with Crippen LogP contribution in [0.15, 0.2) is 42.5 Å². The first-order valence-electron chi connectivity index (χ1n) is 8.35. The average Bonchev–Trinajstić information content (AvgIpc) is 2.62. The largest absolute Gasteiger partial charge is 0.494 e. The van der Waals surface area contributed by atoms with Gasteiger partial charge in [-0.25, -0.2) is 4.79 Å². The average molecular weight is 354 g/mol. The van der Waals surface area contributed by atoms with Crippen LogP contribution in [-0.2, 0) is 10.3 Å². The van der Waals surface area contributed by atoms with E-state index in [1.807, 2.05) is 19.9 Å². The molecular formula is C20H22N2O4. The fraction of sp³-hybridized carbons (Fsp3) is 0.300. The van der Waals surface area contributed by atoms with Crippen molar-refractivity contribution in [1.82, 2.24) is 0 Å². The van der Waals surface area contributed by atoms with Crippen LogP contribution in [0.4, 0.5) is 5.69 Å². The number of benzene rings is 2. The van der Waals surface area contributed by atoms with Gasteiger partial charge in [-0.2, -0.15) is 5.26 Å². The maximum absolute atomic E-state index is 12.1. The first kappa shape index (κ1) is 19.1. The number of carboxylic acid groups (broad SMARTS) is 1. The molecule has 0 spiro atoms. The Morgan fingerprint density at radius 2 is 1.65 bits per heavy atom. The number of hydrogen-bond acceptors (Lipinski definition) is 5. The van der Waals surface area contributed by atoms with Gasteiger partial charge >= 0.3 is 5.97 Å². The van der Waals surface area contributed by atoms with Gasteiger partial charge in [-0.15, -0.1) is 0 Å². The summed E-state index contributed by atoms with van der Waals surface area (Å²) in [5.41, 5.74) is 0.189. The van der Waals surface area contributed by atoms with E-state index in [1.165, 1.54) is 0 Å². The third kappa shape index (κ3) is 4.25. The molecule has 0 fully saturated rings. The van der Waals surface area contributed by atoms with Gasteiger partial charge in [0.1, 0.15) is 11.5 Å². The summed E-state index contributed by atoms with van der Waals surface area (Å²) in [5, 5.41) is 21.8. The number of hydrogen-bond donors (Lipinski definition) is 2. The molecule has 0 aliphatic rings. The van der Waals surface area contributed by atoms with Gasteiger partial charge in [-0.05, 0) is 62.7 Å². The van der Waals surface area contributed by atoms with E-state index < -0.39 is 11.5 Å². The van der Waals surface area contributed by atoms with Gasteiger partial charge in [0.15, 0.2) is 5.54 Å². The second kappa shape index (κ2) is 8.26. The van der Waals surface area contributed by atoms with E-state index in [-0.39, 0.29) is 0 Å². The summed E-state index contributed by atoms with van der Waals surface area (Å²) in [6.07, 6.45) is 0. The van der Waals surface area contributed by atoms with Crippen molar-refractivity contribution in [2.45, 2.75) is 26.3 Å². The van der Waals surface area contributed by atoms with Crippen LogP contribution in [0.5, 0.6) is 11.5 Å². The van der Waals surface area contributed by atoms with Crippen molar-refractivity contribution in [3.63, 3.8) is 0 Å². The van der Waals surface area contributed by atoms with E-state index in [9.17, 15) is 9.90 Å². The third-order valence-corrected chi connectivity index (χ3v) is 3.92. The van der Waals surface area contributed by atoms with Gasteiger partial charge in [-0.3, -0.25) is 0 Å². The predicted octanol–water partition coefficient (Wildman–Crippen LogP) is 3.77. The van der Waals surface area contributed by atoms with Gasteiger partial charge in [0.05, 0.1) is 24.8 Å². The number of anilines is 1. The smallest absolute Gasteiger partial charge is 0.333 e. The maximum Gasteiger partial charge on any atom is 0.333 e. The highest BCUT2D eigenvalue weighted by Crippen LogP contribution is 2.33. The molecule has 0 heterocycles. The normalized spacial score (nSPS) is 12.5. The van der Waals surface area contributed by atoms with Crippen molar-refractivity contribution in [3.05, 3.63) is 53.6 Å². The molecule has 0 saturated heterocycles. The number of nitriles is 1. The van der Waals surface area contributed by atoms with Crippen LogP contribution in [0.2, 0.25) is 0 Å². The zero-order chi connectivity index (χ0) is 19.2. The zero-order valence-corrected chi connectivity index (χ0v) is 15.1. The second-order valence-corrected chi connectivity index (χ2v) is 5.80. The van der Waals surface area contributed by atoms with Crippen molar-refractivity contribution < 1.29 is 19.4 Å². The lowest BCUT2D eigenvalue weighted by molar-refractivity contribution is -0.142. The van der Waals surface area contributed by atoms with E-state index in [0.29, 0.717) is 41.5 Å². The Balaban J connectivity index is 2.46. The molecule has 0 saturated carbocycles. The summed E-state index contributed by atoms with van der Waals surface area (Å²) in [6, 6.07) is 13.8. The van der Waals surface area contributed by atoms with E-state index in [1.54, 1.807) is 49.4 Å². The van der Waals surface area contributed by atoms with Gasteiger partial charge in [0, 0.05) is 11.8 Å². The molecule has 2 N–H and O–H groups in total. The number of nitrogens with one attached hydrogen (secondary N) is 1. The van der Waals surface area contributed by atoms with E-state index in [4.69, 9.17) is 14.7 Å². The highest BCUT2D eigenvalue weighted by molar-refractivity contribution is 5.84. The van der Waals surface area contributed by atoms with E-state index >= 15 is 0 Å². The van der Waals surface area contributed by atoms with Crippen LogP contribution in [0.1, 0.15) is 31.9 Å². The molecule has 0 aliphatic heterocycles. The SMILES string of the molecule is CCOc1cc(OCC)cc(C(C)(Nc2ccc(C#N)cc2)C(=O)O)c1. The van der Waals surface area contributed by atoms with Gasteiger partial charge in [0.25, 0.3) is 0 Å². The Morgan fingerprint density at radius 3 is 2.08 bits per heavy atom. The Labute approximate surface area is 153 Å². The minimum absolute atomic E-state index is 0.460. The summed E-state index contributed by atoms with van der Waals surface area (Å²) in [4.78, 5) is 12.1. The lowest BCUT2D eigenvalue weighted by atomic mass is 9.91. The summed E-state index contributed by atoms with van der Waals surface area (Å²) in [5.74, 6) is 0.0445. The quantitative estimate of drug-likeness (QED) is 0.750. The van der Waals surface area contributed by atoms with Crippen molar-refractivity contribution >= 4 is 11.7 Å². The third-order valence-electron chi connectivity index (χ3n) is 3.92. The Bertz CT molecular complexity index is 787. The molecule has 0 aromatic heterocycles. The van der Waals surface area contributed by atoms with Crippen LogP contribution >= 0.6 is 0 Å². The summed E-state index contributed by atoms with van der Waals surface area (Å²) in [6.45, 7) is 6.22. The summed E-state index contributed by atoms with van der Waals surface area (Å²) < 4.78 is 11.1. The monoisotopic (exact) mass is 354 g/mol. The Kier molecular flexibility index (Phi) is 6.07. The molecule has 1 atom stereocenters. The first-order valence-corrected chi connectivity index (χ1v) is 8.35. The molecule has 0 bridgehead atoms. The van der Waals surface area contributed by atoms with E-state index in [0.717, 1.165) is 0 Å². The Morgan fingerprint density at radius 1 is 1.12 bits per heavy atom. The fourth-order valence-electron chi connectivity index (χ4n) is 2.53. The summed E-state index contributed by atoms with van der Waals surface area (Å²) >= 11 is 0. The highest BCUT2D eigenvalue weighted by Gasteiger charge is 2.36. The second-order valence-electron chi connectivity index (χ2n) is 5.80. The number of nitrogens with zero attached hydrogens (tertiary/aromatic N) is 1. The molecule has 2 rings (SSSR count). The van der Waals surface area contributed by atoms with Gasteiger partial charge < -0.3 is 19.9 Å². The fourth-order valence-corrected chi connectivity index (χ4v) is 2.53. The number of carboxylic acids is 1. The number of carbonyl (C=O) groups is 1. The molecular weight excluding hydrogens is 332 g/mol. The number of aliphatic carboxylic acids is 1. The van der Waals surface area contributed by atoms with Crippen molar-refractivity contribution in [3.8, 4) is 17.6 Å². The standard InChI is InChI=1S/C20H22N2O4/c1-4-25-17-10-15(11-18(12-17)26-5-2)20(3,19(23)24)22-16-8-6-14(13-21)7-9-16/h6-12,22H,4-5H2,1-3H3,(H,23,24). The molecule has 6 heteroatoms. The topological polar surface area (TPSA) is 91.6 Å². The van der Waals surface area contributed by atoms with Gasteiger partial charge in [0.2, 0.25) is 0 Å². The lowest BCUT2D eigenvalue weighted by Crippen LogP contribution is -2.40. The van der Waals surface area contributed by atoms with Crippen LogP contribution < -0.4 is 14.8 Å². The van der Waals surface area contributed by atoms with Crippen molar-refractivity contribution in [1.29, 1.82) is 5.26 Å². The molecule has 0 radical (unpaired) electrons. The van der Waals surface area contributed by atoms with Crippen LogP contribution in [0.25, 0.3) is 0 Å². The molecule has 26 heavy (non-hydrogen) atoms. The Hall–Kier alpha value is -3.20. The molecule has 2 aromatic carbocycles. The zero-order valence-electron chi connectivity index (χ0n) is 15.1. The first-order chi connectivity index (χ1) is 12.4. The lowest BCUT2D eigenvalue weighted by Gasteiger charge is -2.29. The molecule has 6 nitrogen and oxygen atoms in total. The van der Waals surface area contributed by atoms with Crippen LogP contribution in [-0.4, -0.2) is 24.3 Å². The van der Waals surface area contributed by atoms with Gasteiger partial charge in [-0.1, -0.05) is 0 Å². The number of rotatable bonds is 8. The molecule has 0 amide bonds. The molecule has 2 aromatic rings. The van der Waals surface area contributed by atoms with Crippen LogP contribution in [0.3, 0.4) is 0 Å². The summed E-state index contributed by atoms with van der Waals surface area (Å²) in [7, 11) is 0. The van der Waals surface area contributed by atoms with Crippen LogP contribution in [0, 0.1) is 11.3 Å². The molecule has 136 valence electrons. The number of ether oxygens (including phenoxy) is 2. The molecule has 1 unspecified atom stereocenters. The maximum atomic E-state index is 12.1. The van der Waals surface area contributed by atoms with Crippen molar-refractivity contribution in [2.24, 2.45) is 0 Å². The molecule has 0 aliphatic carbocycles. The van der Waals surface area contributed by atoms with E-state index in [2.05, 4.69) is 5.32 Å². The van der Waals surface area contributed by atoms with Crippen molar-refractivity contribution in [2.75, 3.05) is 18.5 Å². The predicted molar refractivity (Wildman–Crippen MR) is 98.5 cm³/mol. The minimum atomic E-state index is -1.41. The highest BCUT2D eigenvalue weighted by atomic mass is 16.5. The minimum Gasteiger partial charge on any atom is -0.494 e.